The van der Waals surface area contributed by atoms with Crippen LogP contribution < -0.4 is 10.3 Å². The van der Waals surface area contributed by atoms with E-state index in [2.05, 4.69) is 14.9 Å². The second-order valence-corrected chi connectivity index (χ2v) is 7.84. The molecule has 8 heteroatoms. The number of halogens is 1. The van der Waals surface area contributed by atoms with E-state index in [-0.39, 0.29) is 17.4 Å². The van der Waals surface area contributed by atoms with Gasteiger partial charge in [-0.05, 0) is 42.5 Å². The molecular formula is C15H16ClN3O3S. The summed E-state index contributed by atoms with van der Waals surface area (Å²) < 4.78 is 27.3. The Hall–Kier alpha value is -1.70. The van der Waals surface area contributed by atoms with Gasteiger partial charge in [0.15, 0.2) is 0 Å². The van der Waals surface area contributed by atoms with Crippen LogP contribution in [0, 0.1) is 0 Å². The number of aromatic nitrogens is 2. The van der Waals surface area contributed by atoms with Crippen LogP contribution in [0.4, 0.5) is 0 Å². The van der Waals surface area contributed by atoms with E-state index >= 15 is 0 Å². The van der Waals surface area contributed by atoms with Gasteiger partial charge in [-0.15, -0.1) is 0 Å². The van der Waals surface area contributed by atoms with Gasteiger partial charge in [0.05, 0.1) is 11.4 Å². The molecule has 1 aliphatic rings. The summed E-state index contributed by atoms with van der Waals surface area (Å²) in [6, 6.07) is 8.00. The maximum Gasteiger partial charge on any atom is 0.264 e. The Bertz CT molecular complexity index is 862. The standard InChI is InChI=1S/C15H16ClN3O3S/c16-12-3-1-10(2-4-12)9-23(21,22)19-13-5-6-14-11(7-13)8-15(20)18-17-14/h1-4,8,13,19H,5-7,9H2,(H,18,20). The van der Waals surface area contributed by atoms with E-state index in [1.807, 2.05) is 0 Å². The zero-order chi connectivity index (χ0) is 16.4. The molecule has 6 nitrogen and oxygen atoms in total. The first-order chi connectivity index (χ1) is 10.9. The maximum atomic E-state index is 12.3. The predicted molar refractivity (Wildman–Crippen MR) is 87.9 cm³/mol. The molecule has 0 radical (unpaired) electrons. The number of aromatic amines is 1. The van der Waals surface area contributed by atoms with Crippen molar-refractivity contribution in [1.29, 1.82) is 0 Å². The predicted octanol–water partition coefficient (Wildman–Crippen LogP) is 1.40. The normalized spacial score (nSPS) is 17.7. The molecule has 1 atom stereocenters. The number of aryl methyl sites for hydroxylation is 1. The average molecular weight is 354 g/mol. The van der Waals surface area contributed by atoms with Crippen LogP contribution in [0.15, 0.2) is 35.1 Å². The van der Waals surface area contributed by atoms with Gasteiger partial charge in [-0.1, -0.05) is 23.7 Å². The minimum absolute atomic E-state index is 0.0961. The number of hydrogen-bond donors (Lipinski definition) is 2. The lowest BCUT2D eigenvalue weighted by Crippen LogP contribution is -2.40. The number of sulfonamides is 1. The van der Waals surface area contributed by atoms with E-state index in [1.165, 1.54) is 6.07 Å². The Morgan fingerprint density at radius 3 is 2.78 bits per heavy atom. The lowest BCUT2D eigenvalue weighted by Gasteiger charge is -2.24. The summed E-state index contributed by atoms with van der Waals surface area (Å²) in [6.07, 6.45) is 1.78. The van der Waals surface area contributed by atoms with Crippen LogP contribution in [0.25, 0.3) is 0 Å². The third-order valence-corrected chi connectivity index (χ3v) is 5.45. The minimum atomic E-state index is -3.46. The number of hydrogen-bond acceptors (Lipinski definition) is 4. The number of H-pyrrole nitrogens is 1. The van der Waals surface area contributed by atoms with Gasteiger partial charge >= 0.3 is 0 Å². The highest BCUT2D eigenvalue weighted by Crippen LogP contribution is 2.19. The third kappa shape index (κ3) is 4.19. The zero-order valence-electron chi connectivity index (χ0n) is 12.3. The van der Waals surface area contributed by atoms with Crippen LogP contribution >= 0.6 is 11.6 Å². The van der Waals surface area contributed by atoms with Gasteiger partial charge < -0.3 is 0 Å². The summed E-state index contributed by atoms with van der Waals surface area (Å²) in [7, 11) is -3.46. The summed E-state index contributed by atoms with van der Waals surface area (Å²) in [6.45, 7) is 0. The number of benzene rings is 1. The summed E-state index contributed by atoms with van der Waals surface area (Å²) in [4.78, 5) is 11.3. The molecule has 2 aromatic rings. The van der Waals surface area contributed by atoms with E-state index in [1.54, 1.807) is 24.3 Å². The fourth-order valence-electron chi connectivity index (χ4n) is 2.74. The highest BCUT2D eigenvalue weighted by molar-refractivity contribution is 7.88. The van der Waals surface area contributed by atoms with Crippen LogP contribution in [0.5, 0.6) is 0 Å². The smallest absolute Gasteiger partial charge is 0.264 e. The van der Waals surface area contributed by atoms with E-state index in [0.717, 1.165) is 11.3 Å². The van der Waals surface area contributed by atoms with Crippen molar-refractivity contribution in [2.75, 3.05) is 0 Å². The molecule has 0 saturated heterocycles. The van der Waals surface area contributed by atoms with Crippen molar-refractivity contribution in [3.63, 3.8) is 0 Å². The summed E-state index contributed by atoms with van der Waals surface area (Å²) in [5, 5.41) is 6.97. The number of nitrogens with one attached hydrogen (secondary N) is 2. The maximum absolute atomic E-state index is 12.3. The largest absolute Gasteiger partial charge is 0.268 e. The van der Waals surface area contributed by atoms with Crippen LogP contribution in [0.1, 0.15) is 23.2 Å². The lowest BCUT2D eigenvalue weighted by atomic mass is 9.93. The molecule has 1 aliphatic carbocycles. The zero-order valence-corrected chi connectivity index (χ0v) is 13.8. The van der Waals surface area contributed by atoms with Gasteiger partial charge in [-0.25, -0.2) is 18.2 Å². The van der Waals surface area contributed by atoms with Gasteiger partial charge in [0.1, 0.15) is 0 Å². The number of rotatable bonds is 4. The van der Waals surface area contributed by atoms with Gasteiger partial charge in [0.25, 0.3) is 5.56 Å². The Kier molecular flexibility index (Phi) is 4.52. The van der Waals surface area contributed by atoms with Crippen molar-refractivity contribution in [1.82, 2.24) is 14.9 Å². The summed E-state index contributed by atoms with van der Waals surface area (Å²) in [5.41, 5.74) is 2.04. The first-order valence-electron chi connectivity index (χ1n) is 7.23. The van der Waals surface area contributed by atoms with Crippen molar-refractivity contribution in [2.24, 2.45) is 0 Å². The van der Waals surface area contributed by atoms with Gasteiger partial charge in [-0.3, -0.25) is 4.79 Å². The topological polar surface area (TPSA) is 91.9 Å². The monoisotopic (exact) mass is 353 g/mol. The molecule has 0 saturated carbocycles. The Labute approximate surface area is 138 Å². The third-order valence-electron chi connectivity index (χ3n) is 3.79. The molecule has 0 amide bonds. The van der Waals surface area contributed by atoms with Crippen molar-refractivity contribution >= 4 is 21.6 Å². The molecule has 1 aromatic heterocycles. The molecule has 23 heavy (non-hydrogen) atoms. The van der Waals surface area contributed by atoms with Crippen molar-refractivity contribution in [3.05, 3.63) is 62.5 Å². The Morgan fingerprint density at radius 1 is 1.30 bits per heavy atom. The molecule has 1 heterocycles. The molecular weight excluding hydrogens is 338 g/mol. The van der Waals surface area contributed by atoms with Crippen LogP contribution in [0.2, 0.25) is 5.02 Å². The lowest BCUT2D eigenvalue weighted by molar-refractivity contribution is 0.499. The highest BCUT2D eigenvalue weighted by atomic mass is 35.5. The van der Waals surface area contributed by atoms with E-state index in [0.29, 0.717) is 29.8 Å². The van der Waals surface area contributed by atoms with E-state index < -0.39 is 10.0 Å². The molecule has 1 aromatic carbocycles. The van der Waals surface area contributed by atoms with Gasteiger partial charge in [0, 0.05) is 17.1 Å². The molecule has 0 spiro atoms. The molecule has 2 N–H and O–H groups in total. The highest BCUT2D eigenvalue weighted by Gasteiger charge is 2.24. The van der Waals surface area contributed by atoms with Crippen molar-refractivity contribution < 1.29 is 8.42 Å². The number of fused-ring (bicyclic) bond motifs is 1. The van der Waals surface area contributed by atoms with Crippen LogP contribution in [-0.4, -0.2) is 24.7 Å². The molecule has 122 valence electrons. The molecule has 1 unspecified atom stereocenters. The minimum Gasteiger partial charge on any atom is -0.268 e. The van der Waals surface area contributed by atoms with Crippen molar-refractivity contribution in [2.45, 2.75) is 31.1 Å². The van der Waals surface area contributed by atoms with Crippen LogP contribution in [-0.2, 0) is 28.6 Å². The Morgan fingerprint density at radius 2 is 2.04 bits per heavy atom. The summed E-state index contributed by atoms with van der Waals surface area (Å²) in [5.74, 6) is -0.0961. The van der Waals surface area contributed by atoms with Crippen LogP contribution in [0.3, 0.4) is 0 Å². The van der Waals surface area contributed by atoms with E-state index in [4.69, 9.17) is 11.6 Å². The first kappa shape index (κ1) is 16.2. The fourth-order valence-corrected chi connectivity index (χ4v) is 4.29. The molecule has 0 fully saturated rings. The quantitative estimate of drug-likeness (QED) is 0.869. The van der Waals surface area contributed by atoms with Gasteiger partial charge in [0.2, 0.25) is 10.0 Å². The first-order valence-corrected chi connectivity index (χ1v) is 9.26. The fraction of sp³-hybridized carbons (Fsp3) is 0.333. The van der Waals surface area contributed by atoms with Gasteiger partial charge in [-0.2, -0.15) is 5.10 Å². The SMILES string of the molecule is O=c1cc2c(n[nH]1)CCC(NS(=O)(=O)Cc1ccc(Cl)cc1)C2. The summed E-state index contributed by atoms with van der Waals surface area (Å²) >= 11 is 5.80. The molecule has 3 rings (SSSR count). The number of nitrogens with zero attached hydrogens (tertiary/aromatic N) is 1. The molecule has 0 bridgehead atoms. The Balaban J connectivity index is 1.69. The van der Waals surface area contributed by atoms with Crippen molar-refractivity contribution in [3.8, 4) is 0 Å². The molecule has 0 aliphatic heterocycles. The van der Waals surface area contributed by atoms with E-state index in [9.17, 15) is 13.2 Å². The second kappa shape index (κ2) is 6.43. The average Bonchev–Trinajstić information content (AvgIpc) is 2.48. The second-order valence-electron chi connectivity index (χ2n) is 5.65.